The van der Waals surface area contributed by atoms with Crippen LogP contribution in [0.3, 0.4) is 0 Å². The Bertz CT molecular complexity index is 650. The lowest BCUT2D eigenvalue weighted by molar-refractivity contribution is 0.102. The summed E-state index contributed by atoms with van der Waals surface area (Å²) in [6, 6.07) is 10.4. The van der Waals surface area contributed by atoms with Crippen LogP contribution in [-0.4, -0.2) is 18.1 Å². The monoisotopic (exact) mass is 271 g/mol. The summed E-state index contributed by atoms with van der Waals surface area (Å²) in [5.74, 6) is 0.288. The maximum absolute atomic E-state index is 12.2. The molecule has 0 spiro atoms. The lowest BCUT2D eigenvalue weighted by Crippen LogP contribution is -2.13. The second kappa shape index (κ2) is 5.65. The Hall–Kier alpha value is -2.49. The third-order valence-electron chi connectivity index (χ3n) is 3.09. The second-order valence-corrected chi connectivity index (χ2v) is 4.66. The van der Waals surface area contributed by atoms with E-state index in [4.69, 9.17) is 4.74 Å². The molecule has 0 aliphatic rings. The molecule has 0 aromatic heterocycles. The third kappa shape index (κ3) is 2.91. The number of hydrogen-bond acceptors (Lipinski definition) is 3. The largest absolute Gasteiger partial charge is 0.507 e. The number of anilines is 1. The highest BCUT2D eigenvalue weighted by molar-refractivity contribution is 6.06. The van der Waals surface area contributed by atoms with Crippen LogP contribution in [0.1, 0.15) is 21.5 Å². The lowest BCUT2D eigenvalue weighted by Gasteiger charge is -2.11. The molecule has 0 unspecified atom stereocenters. The zero-order valence-corrected chi connectivity index (χ0v) is 11.7. The summed E-state index contributed by atoms with van der Waals surface area (Å²) < 4.78 is 5.14. The van der Waals surface area contributed by atoms with Gasteiger partial charge in [-0.15, -0.1) is 0 Å². The number of phenols is 1. The van der Waals surface area contributed by atoms with Gasteiger partial charge in [-0.25, -0.2) is 0 Å². The van der Waals surface area contributed by atoms with Crippen LogP contribution in [-0.2, 0) is 0 Å². The summed E-state index contributed by atoms with van der Waals surface area (Å²) in [7, 11) is 1.57. The van der Waals surface area contributed by atoms with Crippen molar-refractivity contribution < 1.29 is 14.6 Å². The van der Waals surface area contributed by atoms with Gasteiger partial charge in [-0.1, -0.05) is 17.7 Å². The zero-order valence-electron chi connectivity index (χ0n) is 11.7. The molecule has 2 rings (SSSR count). The van der Waals surface area contributed by atoms with Crippen molar-refractivity contribution in [2.75, 3.05) is 12.4 Å². The van der Waals surface area contributed by atoms with Crippen molar-refractivity contribution in [1.82, 2.24) is 0 Å². The van der Waals surface area contributed by atoms with Crippen LogP contribution in [0.2, 0.25) is 0 Å². The minimum Gasteiger partial charge on any atom is -0.507 e. The Balaban J connectivity index is 2.30. The summed E-state index contributed by atoms with van der Waals surface area (Å²) >= 11 is 0. The summed E-state index contributed by atoms with van der Waals surface area (Å²) in [5.41, 5.74) is 2.75. The fraction of sp³-hybridized carbons (Fsp3) is 0.188. The van der Waals surface area contributed by atoms with Gasteiger partial charge in [-0.05, 0) is 37.6 Å². The van der Waals surface area contributed by atoms with Crippen LogP contribution < -0.4 is 10.1 Å². The second-order valence-electron chi connectivity index (χ2n) is 4.66. The first-order valence-corrected chi connectivity index (χ1v) is 6.27. The molecule has 0 saturated heterocycles. The van der Waals surface area contributed by atoms with Crippen molar-refractivity contribution in [3.63, 3.8) is 0 Å². The molecular weight excluding hydrogens is 254 g/mol. The Kier molecular flexibility index (Phi) is 3.94. The first kappa shape index (κ1) is 13.9. The van der Waals surface area contributed by atoms with Gasteiger partial charge < -0.3 is 15.2 Å². The average molecular weight is 271 g/mol. The highest BCUT2D eigenvalue weighted by Crippen LogP contribution is 2.24. The molecule has 4 nitrogen and oxygen atoms in total. The number of ether oxygens (including phenoxy) is 1. The zero-order chi connectivity index (χ0) is 14.7. The molecule has 0 fully saturated rings. The van der Waals surface area contributed by atoms with Crippen molar-refractivity contribution in [2.24, 2.45) is 0 Å². The van der Waals surface area contributed by atoms with Crippen molar-refractivity contribution >= 4 is 11.6 Å². The van der Waals surface area contributed by atoms with Gasteiger partial charge in [0.1, 0.15) is 11.5 Å². The fourth-order valence-corrected chi connectivity index (χ4v) is 1.88. The van der Waals surface area contributed by atoms with E-state index in [2.05, 4.69) is 5.32 Å². The Morgan fingerprint density at radius 3 is 2.60 bits per heavy atom. The van der Waals surface area contributed by atoms with Crippen molar-refractivity contribution in [3.8, 4) is 11.5 Å². The first-order valence-electron chi connectivity index (χ1n) is 6.27. The van der Waals surface area contributed by atoms with Gasteiger partial charge in [0.2, 0.25) is 0 Å². The molecule has 0 saturated carbocycles. The highest BCUT2D eigenvalue weighted by Gasteiger charge is 2.13. The van der Waals surface area contributed by atoms with Gasteiger partial charge in [0, 0.05) is 11.8 Å². The minimum absolute atomic E-state index is 0.0337. The van der Waals surface area contributed by atoms with E-state index in [9.17, 15) is 9.90 Å². The molecule has 1 amide bonds. The number of amides is 1. The lowest BCUT2D eigenvalue weighted by atomic mass is 10.1. The van der Waals surface area contributed by atoms with Gasteiger partial charge in [-0.3, -0.25) is 4.79 Å². The van der Waals surface area contributed by atoms with Crippen LogP contribution in [0.4, 0.5) is 5.69 Å². The van der Waals surface area contributed by atoms with Crippen LogP contribution in [0.15, 0.2) is 36.4 Å². The van der Waals surface area contributed by atoms with E-state index in [0.29, 0.717) is 11.4 Å². The fourth-order valence-electron chi connectivity index (χ4n) is 1.88. The molecular formula is C16H17NO3. The van der Waals surface area contributed by atoms with Crippen LogP contribution >= 0.6 is 0 Å². The van der Waals surface area contributed by atoms with Gasteiger partial charge >= 0.3 is 0 Å². The summed E-state index contributed by atoms with van der Waals surface area (Å²) in [6.07, 6.45) is 0. The van der Waals surface area contributed by atoms with Gasteiger partial charge in [-0.2, -0.15) is 0 Å². The first-order chi connectivity index (χ1) is 9.51. The van der Waals surface area contributed by atoms with Crippen LogP contribution in [0.5, 0.6) is 11.5 Å². The maximum Gasteiger partial charge on any atom is 0.259 e. The molecule has 0 atom stereocenters. The smallest absolute Gasteiger partial charge is 0.259 e. The SMILES string of the molecule is COc1ccc(C)c(NC(=O)c2cc(C)ccc2O)c1. The normalized spacial score (nSPS) is 10.2. The van der Waals surface area contributed by atoms with E-state index in [0.717, 1.165) is 11.1 Å². The molecule has 0 bridgehead atoms. The van der Waals surface area contributed by atoms with E-state index in [-0.39, 0.29) is 17.2 Å². The molecule has 104 valence electrons. The average Bonchev–Trinajstić information content (AvgIpc) is 2.43. The predicted molar refractivity (Wildman–Crippen MR) is 78.5 cm³/mol. The van der Waals surface area contributed by atoms with Crippen molar-refractivity contribution in [2.45, 2.75) is 13.8 Å². The number of phenolic OH excluding ortho intramolecular Hbond substituents is 1. The number of aryl methyl sites for hydroxylation is 2. The number of nitrogens with one attached hydrogen (secondary N) is 1. The predicted octanol–water partition coefficient (Wildman–Crippen LogP) is 3.27. The quantitative estimate of drug-likeness (QED) is 0.900. The molecule has 0 radical (unpaired) electrons. The topological polar surface area (TPSA) is 58.6 Å². The molecule has 2 aromatic carbocycles. The number of methoxy groups -OCH3 is 1. The summed E-state index contributed by atoms with van der Waals surface area (Å²) in [6.45, 7) is 3.76. The van der Waals surface area contributed by atoms with E-state index in [1.54, 1.807) is 25.3 Å². The highest BCUT2D eigenvalue weighted by atomic mass is 16.5. The Morgan fingerprint density at radius 1 is 1.15 bits per heavy atom. The molecule has 0 aliphatic heterocycles. The minimum atomic E-state index is -0.345. The summed E-state index contributed by atoms with van der Waals surface area (Å²) in [5, 5.41) is 12.6. The maximum atomic E-state index is 12.2. The number of hydrogen-bond donors (Lipinski definition) is 2. The van der Waals surface area contributed by atoms with Gasteiger partial charge in [0.15, 0.2) is 0 Å². The number of aromatic hydroxyl groups is 1. The number of carbonyl (C=O) groups excluding carboxylic acids is 1. The van der Waals surface area contributed by atoms with E-state index in [1.807, 2.05) is 26.0 Å². The molecule has 0 aliphatic carbocycles. The van der Waals surface area contributed by atoms with E-state index in [1.165, 1.54) is 6.07 Å². The molecule has 0 heterocycles. The van der Waals surface area contributed by atoms with Gasteiger partial charge in [0.05, 0.1) is 12.7 Å². The van der Waals surface area contributed by atoms with Crippen molar-refractivity contribution in [3.05, 3.63) is 53.1 Å². The van der Waals surface area contributed by atoms with E-state index < -0.39 is 0 Å². The molecule has 4 heteroatoms. The number of carbonyl (C=O) groups is 1. The van der Waals surface area contributed by atoms with Crippen LogP contribution in [0.25, 0.3) is 0 Å². The number of rotatable bonds is 3. The van der Waals surface area contributed by atoms with E-state index >= 15 is 0 Å². The van der Waals surface area contributed by atoms with Gasteiger partial charge in [0.25, 0.3) is 5.91 Å². The standard InChI is InChI=1S/C16H17NO3/c1-10-4-7-15(18)13(8-10)16(19)17-14-9-12(20-3)6-5-11(14)2/h4-9,18H,1-3H3,(H,17,19). The third-order valence-corrected chi connectivity index (χ3v) is 3.09. The molecule has 2 aromatic rings. The molecule has 2 N–H and O–H groups in total. The Morgan fingerprint density at radius 2 is 1.90 bits per heavy atom. The van der Waals surface area contributed by atoms with Crippen LogP contribution in [0, 0.1) is 13.8 Å². The van der Waals surface area contributed by atoms with Crippen molar-refractivity contribution in [1.29, 1.82) is 0 Å². The number of benzene rings is 2. The summed E-state index contributed by atoms with van der Waals surface area (Å²) in [4.78, 5) is 12.2. The molecule has 20 heavy (non-hydrogen) atoms. The Labute approximate surface area is 118 Å².